The number of ether oxygens (including phenoxy) is 1. The molecule has 0 amide bonds. The third-order valence-corrected chi connectivity index (χ3v) is 4.74. The standard InChI is InChI=1S/C16H15BrFIO/c1-10(2)20-13-6-3-11(4-7-13)16(17)14-8-5-12(18)9-15(14)19/h3-10,16H,1-2H3. The lowest BCUT2D eigenvalue weighted by Gasteiger charge is -2.14. The van der Waals surface area contributed by atoms with Crippen molar-refractivity contribution >= 4 is 38.5 Å². The molecule has 0 N–H and O–H groups in total. The van der Waals surface area contributed by atoms with E-state index < -0.39 is 0 Å². The largest absolute Gasteiger partial charge is 0.491 e. The van der Waals surface area contributed by atoms with Crippen molar-refractivity contribution in [2.24, 2.45) is 0 Å². The van der Waals surface area contributed by atoms with Gasteiger partial charge in [0, 0.05) is 3.57 Å². The molecule has 20 heavy (non-hydrogen) atoms. The predicted molar refractivity (Wildman–Crippen MR) is 92.1 cm³/mol. The molecule has 106 valence electrons. The van der Waals surface area contributed by atoms with E-state index in [1.165, 1.54) is 6.07 Å². The Morgan fingerprint density at radius 1 is 1.10 bits per heavy atom. The first-order chi connectivity index (χ1) is 9.47. The van der Waals surface area contributed by atoms with Gasteiger partial charge in [-0.2, -0.15) is 0 Å². The van der Waals surface area contributed by atoms with Crippen molar-refractivity contribution < 1.29 is 9.13 Å². The van der Waals surface area contributed by atoms with Gasteiger partial charge in [0.2, 0.25) is 0 Å². The van der Waals surface area contributed by atoms with Crippen LogP contribution in [0.4, 0.5) is 4.39 Å². The molecule has 0 bridgehead atoms. The van der Waals surface area contributed by atoms with Crippen molar-refractivity contribution in [3.05, 3.63) is 63.0 Å². The Kier molecular flexibility index (Phi) is 5.43. The van der Waals surface area contributed by atoms with E-state index in [0.717, 1.165) is 20.4 Å². The Bertz CT molecular complexity index is 584. The first-order valence-electron chi connectivity index (χ1n) is 6.33. The van der Waals surface area contributed by atoms with Crippen molar-refractivity contribution in [1.29, 1.82) is 0 Å². The van der Waals surface area contributed by atoms with Crippen molar-refractivity contribution in [3.63, 3.8) is 0 Å². The van der Waals surface area contributed by atoms with Crippen molar-refractivity contribution in [2.45, 2.75) is 24.8 Å². The average molecular weight is 449 g/mol. The van der Waals surface area contributed by atoms with E-state index in [9.17, 15) is 4.39 Å². The molecule has 2 aromatic carbocycles. The van der Waals surface area contributed by atoms with Crippen LogP contribution in [0.3, 0.4) is 0 Å². The summed E-state index contributed by atoms with van der Waals surface area (Å²) < 4.78 is 19.7. The second-order valence-electron chi connectivity index (χ2n) is 4.76. The number of hydrogen-bond acceptors (Lipinski definition) is 1. The van der Waals surface area contributed by atoms with E-state index >= 15 is 0 Å². The quantitative estimate of drug-likeness (QED) is 0.430. The van der Waals surface area contributed by atoms with Crippen LogP contribution in [-0.4, -0.2) is 6.10 Å². The third kappa shape index (κ3) is 3.95. The lowest BCUT2D eigenvalue weighted by Crippen LogP contribution is -2.05. The molecule has 0 saturated heterocycles. The summed E-state index contributed by atoms with van der Waals surface area (Å²) >= 11 is 5.83. The Morgan fingerprint density at radius 3 is 2.30 bits per heavy atom. The van der Waals surface area contributed by atoms with Gasteiger partial charge in [-0.1, -0.05) is 34.1 Å². The Balaban J connectivity index is 2.22. The molecule has 2 aromatic rings. The summed E-state index contributed by atoms with van der Waals surface area (Å²) in [5, 5.41) is 0. The minimum Gasteiger partial charge on any atom is -0.491 e. The maximum Gasteiger partial charge on any atom is 0.124 e. The van der Waals surface area contributed by atoms with Gasteiger partial charge in [-0.3, -0.25) is 0 Å². The smallest absolute Gasteiger partial charge is 0.124 e. The zero-order chi connectivity index (χ0) is 14.7. The van der Waals surface area contributed by atoms with Crippen molar-refractivity contribution in [1.82, 2.24) is 0 Å². The predicted octanol–water partition coefficient (Wildman–Crippen LogP) is 5.70. The number of alkyl halides is 1. The number of hydrogen-bond donors (Lipinski definition) is 0. The van der Waals surface area contributed by atoms with Crippen LogP contribution in [-0.2, 0) is 0 Å². The zero-order valence-corrected chi connectivity index (χ0v) is 15.0. The van der Waals surface area contributed by atoms with E-state index in [1.54, 1.807) is 6.07 Å². The molecule has 0 radical (unpaired) electrons. The molecule has 1 unspecified atom stereocenters. The summed E-state index contributed by atoms with van der Waals surface area (Å²) in [6.07, 6.45) is 0.165. The molecule has 2 rings (SSSR count). The molecular formula is C16H15BrFIO. The Labute approximate surface area is 140 Å². The van der Waals surface area contributed by atoms with E-state index in [-0.39, 0.29) is 16.7 Å². The van der Waals surface area contributed by atoms with Gasteiger partial charge >= 0.3 is 0 Å². The van der Waals surface area contributed by atoms with Crippen LogP contribution in [0.1, 0.15) is 29.8 Å². The van der Waals surface area contributed by atoms with E-state index in [1.807, 2.05) is 44.2 Å². The highest BCUT2D eigenvalue weighted by Crippen LogP contribution is 2.34. The zero-order valence-electron chi connectivity index (χ0n) is 11.2. The fourth-order valence-electron chi connectivity index (χ4n) is 1.87. The van der Waals surface area contributed by atoms with Crippen molar-refractivity contribution in [3.8, 4) is 5.75 Å². The second-order valence-corrected chi connectivity index (χ2v) is 6.84. The van der Waals surface area contributed by atoms with Crippen LogP contribution in [0.25, 0.3) is 0 Å². The van der Waals surface area contributed by atoms with Gasteiger partial charge in [-0.15, -0.1) is 0 Å². The first-order valence-corrected chi connectivity index (χ1v) is 8.32. The Hall–Kier alpha value is -0.620. The molecule has 0 heterocycles. The molecule has 0 aliphatic rings. The lowest BCUT2D eigenvalue weighted by molar-refractivity contribution is 0.242. The molecule has 1 atom stereocenters. The summed E-state index contributed by atoms with van der Waals surface area (Å²) in [6, 6.07) is 12.8. The highest BCUT2D eigenvalue weighted by molar-refractivity contribution is 14.1. The third-order valence-electron chi connectivity index (χ3n) is 2.78. The fourth-order valence-corrected chi connectivity index (χ4v) is 3.80. The number of rotatable bonds is 4. The summed E-state index contributed by atoms with van der Waals surface area (Å²) in [7, 11) is 0. The highest BCUT2D eigenvalue weighted by atomic mass is 127. The molecule has 0 aromatic heterocycles. The number of benzene rings is 2. The van der Waals surface area contributed by atoms with Gasteiger partial charge in [0.25, 0.3) is 0 Å². The number of halogens is 3. The highest BCUT2D eigenvalue weighted by Gasteiger charge is 2.14. The topological polar surface area (TPSA) is 9.23 Å². The average Bonchev–Trinajstić information content (AvgIpc) is 2.38. The van der Waals surface area contributed by atoms with E-state index in [0.29, 0.717) is 0 Å². The van der Waals surface area contributed by atoms with Crippen LogP contribution >= 0.6 is 38.5 Å². The normalized spacial score (nSPS) is 12.5. The van der Waals surface area contributed by atoms with Crippen LogP contribution in [0, 0.1) is 9.39 Å². The molecule has 0 aliphatic heterocycles. The maximum atomic E-state index is 13.2. The van der Waals surface area contributed by atoms with E-state index in [2.05, 4.69) is 38.5 Å². The van der Waals surface area contributed by atoms with Gasteiger partial charge in [0.1, 0.15) is 11.6 Å². The second kappa shape index (κ2) is 6.89. The van der Waals surface area contributed by atoms with E-state index in [4.69, 9.17) is 4.74 Å². The minimum atomic E-state index is -0.210. The van der Waals surface area contributed by atoms with Gasteiger partial charge in [0.05, 0.1) is 10.9 Å². The molecule has 0 fully saturated rings. The van der Waals surface area contributed by atoms with Crippen LogP contribution in [0.15, 0.2) is 42.5 Å². The molecule has 4 heteroatoms. The monoisotopic (exact) mass is 448 g/mol. The van der Waals surface area contributed by atoms with Gasteiger partial charge in [-0.25, -0.2) is 4.39 Å². The Morgan fingerprint density at radius 2 is 1.75 bits per heavy atom. The molecule has 0 saturated carbocycles. The van der Waals surface area contributed by atoms with Gasteiger partial charge in [0.15, 0.2) is 0 Å². The SMILES string of the molecule is CC(C)Oc1ccc(C(Br)c2ccc(F)cc2I)cc1. The van der Waals surface area contributed by atoms with Crippen LogP contribution in [0.5, 0.6) is 5.75 Å². The molecular weight excluding hydrogens is 434 g/mol. The minimum absolute atomic E-state index is 0.0445. The molecule has 0 aliphatic carbocycles. The molecule has 0 spiro atoms. The summed E-state index contributed by atoms with van der Waals surface area (Å²) in [4.78, 5) is 0.0445. The van der Waals surface area contributed by atoms with Crippen LogP contribution < -0.4 is 4.74 Å². The van der Waals surface area contributed by atoms with Crippen LogP contribution in [0.2, 0.25) is 0 Å². The lowest BCUT2D eigenvalue weighted by atomic mass is 10.0. The summed E-state index contributed by atoms with van der Waals surface area (Å²) in [5.74, 6) is 0.649. The summed E-state index contributed by atoms with van der Waals surface area (Å²) in [5.41, 5.74) is 2.18. The maximum absolute atomic E-state index is 13.2. The first kappa shape index (κ1) is 15.8. The van der Waals surface area contributed by atoms with Gasteiger partial charge in [-0.05, 0) is 71.8 Å². The van der Waals surface area contributed by atoms with Gasteiger partial charge < -0.3 is 4.74 Å². The van der Waals surface area contributed by atoms with Crippen molar-refractivity contribution in [2.75, 3.05) is 0 Å². The fraction of sp³-hybridized carbons (Fsp3) is 0.250. The summed E-state index contributed by atoms with van der Waals surface area (Å²) in [6.45, 7) is 4.00. The molecule has 1 nitrogen and oxygen atoms in total.